The van der Waals surface area contributed by atoms with Gasteiger partial charge in [0.1, 0.15) is 0 Å². The minimum atomic E-state index is -4.60. The van der Waals surface area contributed by atoms with Crippen molar-refractivity contribution in [3.63, 3.8) is 0 Å². The Balaban J connectivity index is 0.00000364. The van der Waals surface area contributed by atoms with Gasteiger partial charge >= 0.3 is 6.18 Å². The molecule has 0 radical (unpaired) electrons. The fourth-order valence-corrected chi connectivity index (χ4v) is 4.22. The van der Waals surface area contributed by atoms with Crippen molar-refractivity contribution in [2.45, 2.75) is 18.3 Å². The lowest BCUT2D eigenvalue weighted by molar-refractivity contribution is -0.138. The molecule has 0 bridgehead atoms. The van der Waals surface area contributed by atoms with Crippen LogP contribution in [0.5, 0.6) is 0 Å². The summed E-state index contributed by atoms with van der Waals surface area (Å²) in [4.78, 5) is 0. The second-order valence-electron chi connectivity index (χ2n) is 5.83. The summed E-state index contributed by atoms with van der Waals surface area (Å²) in [5, 5.41) is 0. The summed E-state index contributed by atoms with van der Waals surface area (Å²) in [5.74, 6) is -0.711. The number of alkyl halides is 3. The molecule has 0 heterocycles. The second-order valence-corrected chi connectivity index (χ2v) is 7.80. The highest BCUT2D eigenvalue weighted by atomic mass is 35.5. The van der Waals surface area contributed by atoms with Crippen LogP contribution in [-0.2, 0) is 28.4 Å². The summed E-state index contributed by atoms with van der Waals surface area (Å²) >= 11 is 0. The molecule has 0 aromatic heterocycles. The molecular formula is C18H22ClF3N2O2S. The van der Waals surface area contributed by atoms with E-state index >= 15 is 0 Å². The van der Waals surface area contributed by atoms with Crippen molar-refractivity contribution in [2.75, 3.05) is 19.6 Å². The molecule has 0 atom stereocenters. The van der Waals surface area contributed by atoms with E-state index in [0.29, 0.717) is 6.42 Å². The Bertz CT molecular complexity index is 815. The highest BCUT2D eigenvalue weighted by Crippen LogP contribution is 2.32. The zero-order valence-corrected chi connectivity index (χ0v) is 16.2. The Morgan fingerprint density at radius 2 is 1.52 bits per heavy atom. The Labute approximate surface area is 163 Å². The van der Waals surface area contributed by atoms with Gasteiger partial charge in [-0.3, -0.25) is 0 Å². The summed E-state index contributed by atoms with van der Waals surface area (Å²) in [7, 11) is -3.94. The molecule has 2 aromatic rings. The van der Waals surface area contributed by atoms with Gasteiger partial charge in [0.25, 0.3) is 0 Å². The van der Waals surface area contributed by atoms with Crippen molar-refractivity contribution in [3.8, 4) is 0 Å². The number of sulfonamides is 1. The molecule has 2 N–H and O–H groups in total. The molecule has 27 heavy (non-hydrogen) atoms. The molecular weight excluding hydrogens is 401 g/mol. The van der Waals surface area contributed by atoms with Crippen LogP contribution in [0.15, 0.2) is 54.6 Å². The minimum absolute atomic E-state index is 0. The summed E-state index contributed by atoms with van der Waals surface area (Å²) in [6.45, 7) is 0.315. The molecule has 4 nitrogen and oxygen atoms in total. The van der Waals surface area contributed by atoms with Crippen LogP contribution in [0.25, 0.3) is 0 Å². The van der Waals surface area contributed by atoms with Gasteiger partial charge in [-0.1, -0.05) is 48.5 Å². The van der Waals surface area contributed by atoms with E-state index < -0.39 is 27.5 Å². The van der Waals surface area contributed by atoms with E-state index in [0.717, 1.165) is 15.9 Å². The van der Waals surface area contributed by atoms with E-state index in [1.807, 2.05) is 30.3 Å². The molecule has 0 aliphatic carbocycles. The monoisotopic (exact) mass is 422 g/mol. The smallest absolute Gasteiger partial charge is 0.329 e. The Morgan fingerprint density at radius 1 is 0.926 bits per heavy atom. The van der Waals surface area contributed by atoms with Gasteiger partial charge in [0, 0.05) is 19.6 Å². The normalized spacial score (nSPS) is 12.0. The molecule has 0 aliphatic rings. The van der Waals surface area contributed by atoms with Gasteiger partial charge in [0.05, 0.1) is 11.3 Å². The molecule has 2 rings (SSSR count). The number of halogens is 4. The van der Waals surface area contributed by atoms with Gasteiger partial charge in [-0.25, -0.2) is 12.7 Å². The van der Waals surface area contributed by atoms with E-state index in [9.17, 15) is 21.6 Å². The summed E-state index contributed by atoms with van der Waals surface area (Å²) in [6.07, 6.45) is -4.14. The van der Waals surface area contributed by atoms with Crippen LogP contribution in [0.1, 0.15) is 16.7 Å². The maximum absolute atomic E-state index is 13.1. The van der Waals surface area contributed by atoms with Crippen LogP contribution in [0, 0.1) is 0 Å². The average molecular weight is 423 g/mol. The third-order valence-electron chi connectivity index (χ3n) is 3.93. The molecule has 0 spiro atoms. The molecule has 0 amide bonds. The topological polar surface area (TPSA) is 63.4 Å². The molecule has 0 saturated heterocycles. The maximum Gasteiger partial charge on any atom is 0.416 e. The van der Waals surface area contributed by atoms with Crippen molar-refractivity contribution in [1.29, 1.82) is 0 Å². The third kappa shape index (κ3) is 6.80. The first kappa shape index (κ1) is 23.4. The average Bonchev–Trinajstić information content (AvgIpc) is 2.58. The number of rotatable bonds is 8. The molecule has 2 aromatic carbocycles. The molecule has 0 unspecified atom stereocenters. The quantitative estimate of drug-likeness (QED) is 0.708. The molecule has 150 valence electrons. The van der Waals surface area contributed by atoms with Gasteiger partial charge in [-0.15, -0.1) is 12.4 Å². The van der Waals surface area contributed by atoms with Crippen molar-refractivity contribution < 1.29 is 21.6 Å². The highest BCUT2D eigenvalue weighted by molar-refractivity contribution is 7.88. The SMILES string of the molecule is Cl.NCCN(CCc1ccccc1)S(=O)(=O)Cc1ccccc1C(F)(F)F. The summed E-state index contributed by atoms with van der Waals surface area (Å²) in [6, 6.07) is 14.0. The lowest BCUT2D eigenvalue weighted by Crippen LogP contribution is -2.38. The number of nitrogens with zero attached hydrogens (tertiary/aromatic N) is 1. The lowest BCUT2D eigenvalue weighted by Gasteiger charge is -2.22. The number of hydrogen-bond acceptors (Lipinski definition) is 3. The predicted octanol–water partition coefficient (Wildman–Crippen LogP) is 3.46. The van der Waals surface area contributed by atoms with Crippen molar-refractivity contribution in [2.24, 2.45) is 5.73 Å². The Morgan fingerprint density at radius 3 is 2.11 bits per heavy atom. The van der Waals surface area contributed by atoms with Gasteiger partial charge in [0.2, 0.25) is 10.0 Å². The van der Waals surface area contributed by atoms with Crippen molar-refractivity contribution in [3.05, 3.63) is 71.3 Å². The zero-order chi connectivity index (χ0) is 19.2. The van der Waals surface area contributed by atoms with E-state index in [4.69, 9.17) is 5.73 Å². The van der Waals surface area contributed by atoms with Crippen LogP contribution >= 0.6 is 12.4 Å². The Kier molecular flexibility index (Phi) is 8.74. The van der Waals surface area contributed by atoms with Crippen LogP contribution in [0.2, 0.25) is 0 Å². The minimum Gasteiger partial charge on any atom is -0.329 e. The predicted molar refractivity (Wildman–Crippen MR) is 102 cm³/mol. The van der Waals surface area contributed by atoms with Gasteiger partial charge in [0.15, 0.2) is 0 Å². The van der Waals surface area contributed by atoms with E-state index in [2.05, 4.69) is 0 Å². The van der Waals surface area contributed by atoms with Crippen LogP contribution in [0.4, 0.5) is 13.2 Å². The molecule has 0 aliphatic heterocycles. The van der Waals surface area contributed by atoms with Crippen molar-refractivity contribution >= 4 is 22.4 Å². The fraction of sp³-hybridized carbons (Fsp3) is 0.333. The fourth-order valence-electron chi connectivity index (χ4n) is 2.64. The lowest BCUT2D eigenvalue weighted by atomic mass is 10.1. The van der Waals surface area contributed by atoms with Gasteiger partial charge in [-0.2, -0.15) is 13.2 Å². The molecule has 0 saturated carbocycles. The number of nitrogens with two attached hydrogens (primary N) is 1. The first-order valence-electron chi connectivity index (χ1n) is 8.11. The highest BCUT2D eigenvalue weighted by Gasteiger charge is 2.34. The van der Waals surface area contributed by atoms with Crippen LogP contribution in [0.3, 0.4) is 0 Å². The number of benzene rings is 2. The largest absolute Gasteiger partial charge is 0.416 e. The number of hydrogen-bond donors (Lipinski definition) is 1. The second kappa shape index (κ2) is 10.1. The van der Waals surface area contributed by atoms with E-state index in [1.54, 1.807) is 0 Å². The first-order valence-corrected chi connectivity index (χ1v) is 9.72. The first-order chi connectivity index (χ1) is 12.2. The molecule has 9 heteroatoms. The van der Waals surface area contributed by atoms with Crippen LogP contribution < -0.4 is 5.73 Å². The van der Waals surface area contributed by atoms with E-state index in [-0.39, 0.29) is 37.6 Å². The van der Waals surface area contributed by atoms with Crippen molar-refractivity contribution in [1.82, 2.24) is 4.31 Å². The maximum atomic E-state index is 13.1. The third-order valence-corrected chi connectivity index (χ3v) is 5.75. The summed E-state index contributed by atoms with van der Waals surface area (Å²) < 4.78 is 65.9. The standard InChI is InChI=1S/C18H21F3N2O2S.ClH/c19-18(20,21)17-9-5-4-8-16(17)14-26(24,25)23(13-11-22)12-10-15-6-2-1-3-7-15;/h1-9H,10-14,22H2;1H. The molecule has 0 fully saturated rings. The van der Waals surface area contributed by atoms with Gasteiger partial charge < -0.3 is 5.73 Å². The Hall–Kier alpha value is -1.61. The van der Waals surface area contributed by atoms with Crippen LogP contribution in [-0.4, -0.2) is 32.4 Å². The zero-order valence-electron chi connectivity index (χ0n) is 14.5. The van der Waals surface area contributed by atoms with Gasteiger partial charge in [-0.05, 0) is 23.6 Å². The van der Waals surface area contributed by atoms with E-state index in [1.165, 1.54) is 18.2 Å². The summed E-state index contributed by atoms with van der Waals surface area (Å²) in [5.41, 5.74) is 5.25.